The molecule has 0 bridgehead atoms. The Morgan fingerprint density at radius 3 is 2.95 bits per heavy atom. The molecule has 0 unspecified atom stereocenters. The molecule has 2 fully saturated rings. The maximum atomic E-state index is 12.0. The average Bonchev–Trinajstić information content (AvgIpc) is 2.90. The maximum absolute atomic E-state index is 12.0. The first-order valence-corrected chi connectivity index (χ1v) is 8.85. The van der Waals surface area contributed by atoms with Gasteiger partial charge in [-0.05, 0) is 44.3 Å². The van der Waals surface area contributed by atoms with Crippen LogP contribution in [-0.2, 0) is 9.53 Å². The molecule has 4 heteroatoms. The quantitative estimate of drug-likeness (QED) is 0.815. The molecular weight excluding hydrogens is 258 g/mol. The number of ether oxygens (including phenoxy) is 1. The first-order valence-electron chi connectivity index (χ1n) is 7.80. The second-order valence-corrected chi connectivity index (χ2v) is 7.26. The van der Waals surface area contributed by atoms with Crippen LogP contribution >= 0.6 is 11.8 Å². The Hall–Kier alpha value is -0.220. The van der Waals surface area contributed by atoms with Gasteiger partial charge in [0, 0.05) is 24.3 Å². The van der Waals surface area contributed by atoms with Crippen LogP contribution in [0, 0.1) is 0 Å². The van der Waals surface area contributed by atoms with E-state index < -0.39 is 0 Å². The molecule has 3 atom stereocenters. The molecule has 1 saturated heterocycles. The second-order valence-electron chi connectivity index (χ2n) is 5.68. The van der Waals surface area contributed by atoms with E-state index in [1.165, 1.54) is 18.6 Å². The minimum Gasteiger partial charge on any atom is -0.378 e. The van der Waals surface area contributed by atoms with Crippen molar-refractivity contribution >= 4 is 17.7 Å². The van der Waals surface area contributed by atoms with Gasteiger partial charge in [-0.2, -0.15) is 11.8 Å². The Kier molecular flexibility index (Phi) is 6.51. The number of hydrogen-bond acceptors (Lipinski definition) is 3. The first-order chi connectivity index (χ1) is 9.28. The summed E-state index contributed by atoms with van der Waals surface area (Å²) in [5, 5.41) is 3.98. The summed E-state index contributed by atoms with van der Waals surface area (Å²) in [5.41, 5.74) is 0. The van der Waals surface area contributed by atoms with Crippen molar-refractivity contribution < 1.29 is 9.53 Å². The van der Waals surface area contributed by atoms with Crippen molar-refractivity contribution in [3.8, 4) is 0 Å². The lowest BCUT2D eigenvalue weighted by Crippen LogP contribution is -2.39. The van der Waals surface area contributed by atoms with Crippen molar-refractivity contribution in [1.82, 2.24) is 5.32 Å². The molecule has 1 aliphatic carbocycles. The molecule has 2 rings (SSSR count). The molecule has 0 aromatic carbocycles. The van der Waals surface area contributed by atoms with Crippen molar-refractivity contribution in [2.45, 2.75) is 75.7 Å². The van der Waals surface area contributed by atoms with E-state index in [9.17, 15) is 4.79 Å². The highest BCUT2D eigenvalue weighted by Gasteiger charge is 2.23. The predicted octanol–water partition coefficient (Wildman–Crippen LogP) is 3.13. The van der Waals surface area contributed by atoms with Crippen molar-refractivity contribution in [2.75, 3.05) is 12.4 Å². The van der Waals surface area contributed by atoms with Crippen LogP contribution in [0.2, 0.25) is 0 Å². The SMILES string of the molecule is CCS[C@@H]1CCC[C@H](NC(=O)CC[C@H]2CCCO2)C1. The Labute approximate surface area is 121 Å². The Balaban J connectivity index is 1.63. The van der Waals surface area contributed by atoms with Gasteiger partial charge in [0.2, 0.25) is 5.91 Å². The topological polar surface area (TPSA) is 38.3 Å². The lowest BCUT2D eigenvalue weighted by atomic mass is 9.94. The van der Waals surface area contributed by atoms with Crippen molar-refractivity contribution in [3.63, 3.8) is 0 Å². The van der Waals surface area contributed by atoms with Gasteiger partial charge in [-0.1, -0.05) is 13.3 Å². The zero-order valence-electron chi connectivity index (χ0n) is 12.0. The predicted molar refractivity (Wildman–Crippen MR) is 80.5 cm³/mol. The fraction of sp³-hybridized carbons (Fsp3) is 0.933. The van der Waals surface area contributed by atoms with Crippen LogP contribution in [0.4, 0.5) is 0 Å². The van der Waals surface area contributed by atoms with Crippen LogP contribution in [0.5, 0.6) is 0 Å². The first kappa shape index (κ1) is 15.2. The summed E-state index contributed by atoms with van der Waals surface area (Å²) >= 11 is 2.05. The van der Waals surface area contributed by atoms with Gasteiger partial charge >= 0.3 is 0 Å². The molecule has 1 aliphatic heterocycles. The van der Waals surface area contributed by atoms with Crippen molar-refractivity contribution in [2.24, 2.45) is 0 Å². The van der Waals surface area contributed by atoms with Gasteiger partial charge < -0.3 is 10.1 Å². The van der Waals surface area contributed by atoms with Gasteiger partial charge in [0.1, 0.15) is 0 Å². The minimum absolute atomic E-state index is 0.225. The van der Waals surface area contributed by atoms with Gasteiger partial charge in [0.25, 0.3) is 0 Å². The highest BCUT2D eigenvalue weighted by molar-refractivity contribution is 7.99. The molecule has 110 valence electrons. The monoisotopic (exact) mass is 285 g/mol. The van der Waals surface area contributed by atoms with E-state index in [1.54, 1.807) is 0 Å². The lowest BCUT2D eigenvalue weighted by Gasteiger charge is -2.29. The highest BCUT2D eigenvalue weighted by atomic mass is 32.2. The molecule has 0 spiro atoms. The number of carbonyl (C=O) groups is 1. The highest BCUT2D eigenvalue weighted by Crippen LogP contribution is 2.28. The molecular formula is C15H27NO2S. The van der Waals surface area contributed by atoms with E-state index >= 15 is 0 Å². The van der Waals surface area contributed by atoms with Crippen LogP contribution in [-0.4, -0.2) is 35.7 Å². The molecule has 0 aromatic heterocycles. The number of carbonyl (C=O) groups excluding carboxylic acids is 1. The van der Waals surface area contributed by atoms with Gasteiger partial charge in [-0.25, -0.2) is 0 Å². The van der Waals surface area contributed by atoms with Crippen LogP contribution < -0.4 is 5.32 Å². The van der Waals surface area contributed by atoms with E-state index in [4.69, 9.17) is 4.74 Å². The molecule has 3 nitrogen and oxygen atoms in total. The molecule has 1 amide bonds. The number of thioether (sulfide) groups is 1. The van der Waals surface area contributed by atoms with Crippen LogP contribution in [0.15, 0.2) is 0 Å². The van der Waals surface area contributed by atoms with Crippen LogP contribution in [0.1, 0.15) is 58.3 Å². The van der Waals surface area contributed by atoms with E-state index in [1.807, 2.05) is 11.8 Å². The summed E-state index contributed by atoms with van der Waals surface area (Å²) < 4.78 is 5.56. The summed E-state index contributed by atoms with van der Waals surface area (Å²) in [6, 6.07) is 0.412. The third-order valence-corrected chi connectivity index (χ3v) is 5.34. The van der Waals surface area contributed by atoms with Crippen molar-refractivity contribution in [3.05, 3.63) is 0 Å². The molecule has 1 heterocycles. The van der Waals surface area contributed by atoms with Crippen LogP contribution in [0.25, 0.3) is 0 Å². The third-order valence-electron chi connectivity index (χ3n) is 4.11. The van der Waals surface area contributed by atoms with Crippen molar-refractivity contribution in [1.29, 1.82) is 0 Å². The number of nitrogens with one attached hydrogen (secondary N) is 1. The molecule has 0 radical (unpaired) electrons. The number of amides is 1. The van der Waals surface area contributed by atoms with Gasteiger partial charge in [-0.15, -0.1) is 0 Å². The standard InChI is InChI=1S/C15H27NO2S/c1-2-19-14-7-3-5-12(11-14)16-15(17)9-8-13-6-4-10-18-13/h12-14H,2-11H2,1H3,(H,16,17)/t12-,13+,14+/m0/s1. The maximum Gasteiger partial charge on any atom is 0.220 e. The summed E-state index contributed by atoms with van der Waals surface area (Å²) in [6.07, 6.45) is 9.04. The largest absolute Gasteiger partial charge is 0.378 e. The zero-order chi connectivity index (χ0) is 13.5. The molecule has 19 heavy (non-hydrogen) atoms. The fourth-order valence-corrected chi connectivity index (χ4v) is 4.30. The zero-order valence-corrected chi connectivity index (χ0v) is 12.8. The average molecular weight is 285 g/mol. The van der Waals surface area contributed by atoms with Gasteiger partial charge in [0.15, 0.2) is 0 Å². The van der Waals surface area contributed by atoms with Gasteiger partial charge in [-0.3, -0.25) is 4.79 Å². The third kappa shape index (κ3) is 5.35. The van der Waals surface area contributed by atoms with E-state index in [-0.39, 0.29) is 5.91 Å². The summed E-state index contributed by atoms with van der Waals surface area (Å²) in [4.78, 5) is 12.0. The van der Waals surface area contributed by atoms with E-state index in [0.29, 0.717) is 18.6 Å². The second kappa shape index (κ2) is 8.15. The minimum atomic E-state index is 0.225. The fourth-order valence-electron chi connectivity index (χ4n) is 3.13. The molecule has 0 aromatic rings. The summed E-state index contributed by atoms with van der Waals surface area (Å²) in [5.74, 6) is 1.41. The van der Waals surface area contributed by atoms with E-state index in [0.717, 1.165) is 44.0 Å². The number of hydrogen-bond donors (Lipinski definition) is 1. The van der Waals surface area contributed by atoms with E-state index in [2.05, 4.69) is 12.2 Å². The smallest absolute Gasteiger partial charge is 0.220 e. The summed E-state index contributed by atoms with van der Waals surface area (Å²) in [7, 11) is 0. The Morgan fingerprint density at radius 1 is 1.32 bits per heavy atom. The molecule has 1 N–H and O–H groups in total. The Bertz CT molecular complexity index is 277. The summed E-state index contributed by atoms with van der Waals surface area (Å²) in [6.45, 7) is 3.10. The van der Waals surface area contributed by atoms with Gasteiger partial charge in [0.05, 0.1) is 6.10 Å². The Morgan fingerprint density at radius 2 is 2.21 bits per heavy atom. The molecule has 2 aliphatic rings. The molecule has 1 saturated carbocycles. The number of rotatable bonds is 6. The lowest BCUT2D eigenvalue weighted by molar-refractivity contribution is -0.122. The van der Waals surface area contributed by atoms with Crippen LogP contribution in [0.3, 0.4) is 0 Å². The normalized spacial score (nSPS) is 31.3.